The monoisotopic (exact) mass is 444 g/mol. The van der Waals surface area contributed by atoms with Crippen molar-refractivity contribution in [1.82, 2.24) is 5.32 Å². The summed E-state index contributed by atoms with van der Waals surface area (Å²) in [5.41, 5.74) is -0.250. The number of sulfonamides is 1. The molecular weight excluding hydrogens is 421 g/mol. The Labute approximate surface area is 173 Å². The Morgan fingerprint density at radius 2 is 1.83 bits per heavy atom. The zero-order valence-corrected chi connectivity index (χ0v) is 17.4. The number of carbonyl (C=O) groups is 1. The van der Waals surface area contributed by atoms with Crippen molar-refractivity contribution in [3.63, 3.8) is 0 Å². The summed E-state index contributed by atoms with van der Waals surface area (Å²) >= 11 is 0. The van der Waals surface area contributed by atoms with E-state index < -0.39 is 21.8 Å². The molecule has 0 fully saturated rings. The van der Waals surface area contributed by atoms with Crippen molar-refractivity contribution in [1.29, 1.82) is 0 Å². The number of para-hydroxylation sites is 1. The first-order valence-electron chi connectivity index (χ1n) is 9.06. The van der Waals surface area contributed by atoms with Crippen LogP contribution in [0.15, 0.2) is 48.5 Å². The van der Waals surface area contributed by atoms with Gasteiger partial charge in [-0.25, -0.2) is 8.42 Å². The smallest absolute Gasteiger partial charge is 0.416 e. The highest BCUT2D eigenvalue weighted by molar-refractivity contribution is 7.92. The Hall–Kier alpha value is -2.75. The molecule has 0 aliphatic heterocycles. The number of anilines is 1. The molecule has 0 aliphatic carbocycles. The standard InChI is InChI=1S/C20H23F3N2O4S/c1-29-18-10-4-3-7-15(18)14-24-19(26)11-6-12-25(30(2,27)28)17-9-5-8-16(13-17)20(21,22)23/h3-5,7-10,13H,6,11-12,14H2,1-2H3,(H,24,26). The molecule has 0 heterocycles. The van der Waals surface area contributed by atoms with Gasteiger partial charge in [0.15, 0.2) is 0 Å². The van der Waals surface area contributed by atoms with E-state index in [9.17, 15) is 26.4 Å². The first-order valence-corrected chi connectivity index (χ1v) is 10.9. The molecule has 2 rings (SSSR count). The second-order valence-electron chi connectivity index (χ2n) is 6.58. The highest BCUT2D eigenvalue weighted by Crippen LogP contribution is 2.32. The molecule has 1 N–H and O–H groups in total. The summed E-state index contributed by atoms with van der Waals surface area (Å²) in [5.74, 6) is 0.323. The number of methoxy groups -OCH3 is 1. The van der Waals surface area contributed by atoms with Gasteiger partial charge in [-0.2, -0.15) is 13.2 Å². The van der Waals surface area contributed by atoms with Gasteiger partial charge in [-0.05, 0) is 30.7 Å². The fourth-order valence-electron chi connectivity index (χ4n) is 2.84. The van der Waals surface area contributed by atoms with Gasteiger partial charge < -0.3 is 10.1 Å². The second-order valence-corrected chi connectivity index (χ2v) is 8.48. The van der Waals surface area contributed by atoms with Gasteiger partial charge in [0.2, 0.25) is 15.9 Å². The zero-order valence-electron chi connectivity index (χ0n) is 16.6. The fraction of sp³-hybridized carbons (Fsp3) is 0.350. The third kappa shape index (κ3) is 6.65. The topological polar surface area (TPSA) is 75.7 Å². The highest BCUT2D eigenvalue weighted by Gasteiger charge is 2.31. The molecule has 30 heavy (non-hydrogen) atoms. The molecule has 0 aromatic heterocycles. The Bertz CT molecular complexity index is 978. The Balaban J connectivity index is 1.98. The second kappa shape index (κ2) is 9.84. The number of nitrogens with one attached hydrogen (secondary N) is 1. The molecule has 1 amide bonds. The van der Waals surface area contributed by atoms with Crippen LogP contribution >= 0.6 is 0 Å². The molecule has 0 unspecified atom stereocenters. The van der Waals surface area contributed by atoms with Crippen LogP contribution in [-0.4, -0.2) is 34.2 Å². The quantitative estimate of drug-likeness (QED) is 0.642. The van der Waals surface area contributed by atoms with E-state index in [2.05, 4.69) is 5.32 Å². The number of halogens is 3. The maximum Gasteiger partial charge on any atom is 0.416 e. The summed E-state index contributed by atoms with van der Waals surface area (Å²) < 4.78 is 69.0. The van der Waals surface area contributed by atoms with Gasteiger partial charge in [0.1, 0.15) is 5.75 Å². The molecule has 0 saturated carbocycles. The predicted octanol–water partition coefficient (Wildman–Crippen LogP) is 3.58. The van der Waals surface area contributed by atoms with Crippen molar-refractivity contribution in [2.45, 2.75) is 25.6 Å². The van der Waals surface area contributed by atoms with E-state index in [0.29, 0.717) is 5.75 Å². The van der Waals surface area contributed by atoms with E-state index in [-0.39, 0.29) is 37.5 Å². The minimum Gasteiger partial charge on any atom is -0.496 e. The molecule has 10 heteroatoms. The lowest BCUT2D eigenvalue weighted by Crippen LogP contribution is -2.32. The lowest BCUT2D eigenvalue weighted by atomic mass is 10.2. The van der Waals surface area contributed by atoms with Gasteiger partial charge in [0.05, 0.1) is 24.6 Å². The van der Waals surface area contributed by atoms with Crippen molar-refractivity contribution in [3.05, 3.63) is 59.7 Å². The molecule has 2 aromatic carbocycles. The lowest BCUT2D eigenvalue weighted by Gasteiger charge is -2.23. The lowest BCUT2D eigenvalue weighted by molar-refractivity contribution is -0.137. The van der Waals surface area contributed by atoms with Crippen LogP contribution in [0.1, 0.15) is 24.0 Å². The third-order valence-electron chi connectivity index (χ3n) is 4.30. The number of nitrogens with zero attached hydrogens (tertiary/aromatic N) is 1. The van der Waals surface area contributed by atoms with Gasteiger partial charge in [-0.1, -0.05) is 24.3 Å². The van der Waals surface area contributed by atoms with Crippen LogP contribution in [0.3, 0.4) is 0 Å². The van der Waals surface area contributed by atoms with Gasteiger partial charge in [0.25, 0.3) is 0 Å². The van der Waals surface area contributed by atoms with Gasteiger partial charge in [0, 0.05) is 25.1 Å². The van der Waals surface area contributed by atoms with Crippen LogP contribution in [-0.2, 0) is 27.5 Å². The summed E-state index contributed by atoms with van der Waals surface area (Å²) in [6, 6.07) is 11.3. The van der Waals surface area contributed by atoms with Crippen LogP contribution in [0.4, 0.5) is 18.9 Å². The van der Waals surface area contributed by atoms with Gasteiger partial charge >= 0.3 is 6.18 Å². The molecular formula is C20H23F3N2O4S. The summed E-state index contributed by atoms with van der Waals surface area (Å²) in [7, 11) is -2.30. The minimum atomic E-state index is -4.59. The Kier molecular flexibility index (Phi) is 7.71. The molecule has 0 saturated heterocycles. The van der Waals surface area contributed by atoms with Gasteiger partial charge in [-0.15, -0.1) is 0 Å². The largest absolute Gasteiger partial charge is 0.496 e. The fourth-order valence-corrected chi connectivity index (χ4v) is 3.80. The van der Waals surface area contributed by atoms with Crippen molar-refractivity contribution < 1.29 is 31.1 Å². The number of carbonyl (C=O) groups excluding carboxylic acids is 1. The molecule has 6 nitrogen and oxygen atoms in total. The van der Waals surface area contributed by atoms with Crippen LogP contribution in [0.2, 0.25) is 0 Å². The maximum atomic E-state index is 12.9. The minimum absolute atomic E-state index is 0.0140. The van der Waals surface area contributed by atoms with E-state index in [0.717, 1.165) is 34.3 Å². The molecule has 164 valence electrons. The SMILES string of the molecule is COc1ccccc1CNC(=O)CCCN(c1cccc(C(F)(F)F)c1)S(C)(=O)=O. The number of ether oxygens (including phenoxy) is 1. The van der Waals surface area contributed by atoms with E-state index in [1.54, 1.807) is 18.2 Å². The number of amides is 1. The molecule has 0 radical (unpaired) electrons. The van der Waals surface area contributed by atoms with Crippen LogP contribution < -0.4 is 14.4 Å². The number of alkyl halides is 3. The van der Waals surface area contributed by atoms with Crippen molar-refractivity contribution in [3.8, 4) is 5.75 Å². The van der Waals surface area contributed by atoms with Crippen molar-refractivity contribution in [2.24, 2.45) is 0 Å². The summed E-state index contributed by atoms with van der Waals surface area (Å²) in [6.45, 7) is 0.120. The number of hydrogen-bond donors (Lipinski definition) is 1. The Morgan fingerprint density at radius 3 is 2.47 bits per heavy atom. The van der Waals surface area contributed by atoms with Crippen molar-refractivity contribution in [2.75, 3.05) is 24.2 Å². The normalized spacial score (nSPS) is 11.8. The van der Waals surface area contributed by atoms with E-state index >= 15 is 0 Å². The van der Waals surface area contributed by atoms with E-state index in [4.69, 9.17) is 4.74 Å². The predicted molar refractivity (Wildman–Crippen MR) is 108 cm³/mol. The molecule has 0 spiro atoms. The summed E-state index contributed by atoms with van der Waals surface area (Å²) in [6.07, 6.45) is -3.52. The van der Waals surface area contributed by atoms with E-state index in [1.165, 1.54) is 13.2 Å². The highest BCUT2D eigenvalue weighted by atomic mass is 32.2. The summed E-state index contributed by atoms with van der Waals surface area (Å²) in [4.78, 5) is 12.1. The average Bonchev–Trinajstić information content (AvgIpc) is 2.68. The molecule has 0 bridgehead atoms. The number of hydrogen-bond acceptors (Lipinski definition) is 4. The average molecular weight is 444 g/mol. The number of rotatable bonds is 9. The zero-order chi connectivity index (χ0) is 22.4. The number of benzene rings is 2. The summed E-state index contributed by atoms with van der Waals surface area (Å²) in [5, 5.41) is 2.72. The van der Waals surface area contributed by atoms with Crippen LogP contribution in [0.5, 0.6) is 5.75 Å². The maximum absolute atomic E-state index is 12.9. The molecule has 2 aromatic rings. The Morgan fingerprint density at radius 1 is 1.13 bits per heavy atom. The first-order chi connectivity index (χ1) is 14.0. The first kappa shape index (κ1) is 23.5. The molecule has 0 atom stereocenters. The molecule has 0 aliphatic rings. The van der Waals surface area contributed by atoms with Crippen LogP contribution in [0.25, 0.3) is 0 Å². The third-order valence-corrected chi connectivity index (χ3v) is 5.49. The van der Waals surface area contributed by atoms with E-state index in [1.807, 2.05) is 6.07 Å². The van der Waals surface area contributed by atoms with Gasteiger partial charge in [-0.3, -0.25) is 9.10 Å². The van der Waals surface area contributed by atoms with Crippen molar-refractivity contribution >= 4 is 21.6 Å². The van der Waals surface area contributed by atoms with Crippen LogP contribution in [0, 0.1) is 0 Å².